The van der Waals surface area contributed by atoms with Gasteiger partial charge in [0.25, 0.3) is 5.69 Å². The van der Waals surface area contributed by atoms with Gasteiger partial charge in [-0.05, 0) is 19.4 Å². The molecule has 7 heteroatoms. The average molecular weight is 291 g/mol. The molecule has 0 saturated carbocycles. The summed E-state index contributed by atoms with van der Waals surface area (Å²) in [7, 11) is 1.60. The number of carbonyl (C=O) groups excluding carboxylic acids is 2. The summed E-state index contributed by atoms with van der Waals surface area (Å²) in [6.07, 6.45) is 1.28. The molecule has 2 rings (SSSR count). The third kappa shape index (κ3) is 2.72. The molecular formula is C14H17N3O4. The summed E-state index contributed by atoms with van der Waals surface area (Å²) in [5.74, 6) is -0.0421. The van der Waals surface area contributed by atoms with Crippen molar-refractivity contribution in [2.24, 2.45) is 5.41 Å². The molecule has 7 nitrogen and oxygen atoms in total. The molecular weight excluding hydrogens is 274 g/mol. The van der Waals surface area contributed by atoms with Gasteiger partial charge >= 0.3 is 0 Å². The molecule has 0 spiro atoms. The van der Waals surface area contributed by atoms with Gasteiger partial charge in [0.2, 0.25) is 5.91 Å². The van der Waals surface area contributed by atoms with Crippen LogP contribution in [0.15, 0.2) is 18.2 Å². The molecule has 1 aromatic carbocycles. The number of nitro benzene ring substituents is 1. The van der Waals surface area contributed by atoms with Crippen molar-refractivity contribution in [1.29, 1.82) is 0 Å². The van der Waals surface area contributed by atoms with Crippen LogP contribution in [0.3, 0.4) is 0 Å². The van der Waals surface area contributed by atoms with Crippen molar-refractivity contribution in [3.63, 3.8) is 0 Å². The fourth-order valence-electron chi connectivity index (χ4n) is 2.69. The van der Waals surface area contributed by atoms with E-state index in [1.807, 2.05) is 11.8 Å². The van der Waals surface area contributed by atoms with Crippen LogP contribution in [0.5, 0.6) is 0 Å². The number of hydrogen-bond acceptors (Lipinski definition) is 5. The minimum atomic E-state index is -0.532. The van der Waals surface area contributed by atoms with E-state index in [1.165, 1.54) is 12.1 Å². The smallest absolute Gasteiger partial charge is 0.270 e. The summed E-state index contributed by atoms with van der Waals surface area (Å²) >= 11 is 0. The molecule has 1 aliphatic rings. The molecule has 1 saturated heterocycles. The normalized spacial score (nSPS) is 21.1. The van der Waals surface area contributed by atoms with E-state index in [1.54, 1.807) is 13.1 Å². The van der Waals surface area contributed by atoms with Crippen molar-refractivity contribution >= 4 is 23.6 Å². The van der Waals surface area contributed by atoms with Crippen molar-refractivity contribution in [2.45, 2.75) is 13.3 Å². The maximum absolute atomic E-state index is 11.9. The van der Waals surface area contributed by atoms with Gasteiger partial charge in [-0.3, -0.25) is 19.7 Å². The van der Waals surface area contributed by atoms with E-state index in [2.05, 4.69) is 5.32 Å². The summed E-state index contributed by atoms with van der Waals surface area (Å²) < 4.78 is 0. The topological polar surface area (TPSA) is 92.6 Å². The molecule has 0 bridgehead atoms. The Labute approximate surface area is 122 Å². The molecule has 0 aromatic heterocycles. The molecule has 1 unspecified atom stereocenters. The standard InChI is InChI=1S/C14H17N3O4/c1-14(13(19)15-2)5-6-16(9-14)12-4-3-11(17(20)21)7-10(12)8-18/h3-4,7-8H,5-6,9H2,1-2H3,(H,15,19). The maximum Gasteiger partial charge on any atom is 0.270 e. The number of anilines is 1. The first-order valence-corrected chi connectivity index (χ1v) is 6.62. The molecule has 0 aliphatic carbocycles. The number of nitro groups is 1. The zero-order valence-electron chi connectivity index (χ0n) is 12.0. The minimum Gasteiger partial charge on any atom is -0.370 e. The van der Waals surface area contributed by atoms with Gasteiger partial charge in [0.15, 0.2) is 6.29 Å². The lowest BCUT2D eigenvalue weighted by Crippen LogP contribution is -2.39. The van der Waals surface area contributed by atoms with Gasteiger partial charge in [0, 0.05) is 43.5 Å². The van der Waals surface area contributed by atoms with E-state index in [9.17, 15) is 19.7 Å². The fourth-order valence-corrected chi connectivity index (χ4v) is 2.69. The van der Waals surface area contributed by atoms with Gasteiger partial charge in [-0.1, -0.05) is 0 Å². The first kappa shape index (κ1) is 15.0. The number of nitrogens with zero attached hydrogens (tertiary/aromatic N) is 2. The number of carbonyl (C=O) groups is 2. The number of nitrogens with one attached hydrogen (secondary N) is 1. The Morgan fingerprint density at radius 3 is 2.81 bits per heavy atom. The molecule has 1 aromatic rings. The molecule has 1 fully saturated rings. The van der Waals surface area contributed by atoms with Gasteiger partial charge < -0.3 is 10.2 Å². The molecule has 21 heavy (non-hydrogen) atoms. The Bertz CT molecular complexity index is 602. The second-order valence-corrected chi connectivity index (χ2v) is 5.43. The van der Waals surface area contributed by atoms with E-state index >= 15 is 0 Å². The number of benzene rings is 1. The maximum atomic E-state index is 11.9. The summed E-state index contributed by atoms with van der Waals surface area (Å²) in [5.41, 5.74) is 0.263. The Kier molecular flexibility index (Phi) is 3.93. The van der Waals surface area contributed by atoms with Crippen LogP contribution >= 0.6 is 0 Å². The highest BCUT2D eigenvalue weighted by molar-refractivity contribution is 5.88. The Morgan fingerprint density at radius 2 is 2.24 bits per heavy atom. The second-order valence-electron chi connectivity index (χ2n) is 5.43. The molecule has 1 N–H and O–H groups in total. The largest absolute Gasteiger partial charge is 0.370 e. The van der Waals surface area contributed by atoms with Gasteiger partial charge in [0.05, 0.1) is 10.3 Å². The molecule has 1 heterocycles. The van der Waals surface area contributed by atoms with Crippen LogP contribution in [0.2, 0.25) is 0 Å². The van der Waals surface area contributed by atoms with Crippen LogP contribution < -0.4 is 10.2 Å². The lowest BCUT2D eigenvalue weighted by atomic mass is 9.89. The Balaban J connectivity index is 2.30. The van der Waals surface area contributed by atoms with E-state index in [4.69, 9.17) is 0 Å². The molecule has 0 radical (unpaired) electrons. The third-order valence-corrected chi connectivity index (χ3v) is 3.94. The van der Waals surface area contributed by atoms with Gasteiger partial charge in [-0.25, -0.2) is 0 Å². The number of amides is 1. The van der Waals surface area contributed by atoms with Crippen LogP contribution in [0.4, 0.5) is 11.4 Å². The van der Waals surface area contributed by atoms with E-state index in [0.717, 1.165) is 0 Å². The SMILES string of the molecule is CNC(=O)C1(C)CCN(c2ccc([N+](=O)[O-])cc2C=O)C1. The first-order chi connectivity index (χ1) is 9.91. The predicted octanol–water partition coefficient (Wildman–Crippen LogP) is 1.37. The number of rotatable bonds is 4. The fraction of sp³-hybridized carbons (Fsp3) is 0.429. The summed E-state index contributed by atoms with van der Waals surface area (Å²) in [5, 5.41) is 13.4. The highest BCUT2D eigenvalue weighted by Gasteiger charge is 2.40. The summed E-state index contributed by atoms with van der Waals surface area (Å²) in [4.78, 5) is 35.2. The van der Waals surface area contributed by atoms with Crippen LogP contribution in [-0.2, 0) is 4.79 Å². The van der Waals surface area contributed by atoms with E-state index in [-0.39, 0.29) is 17.2 Å². The van der Waals surface area contributed by atoms with Crippen molar-refractivity contribution in [2.75, 3.05) is 25.0 Å². The quantitative estimate of drug-likeness (QED) is 0.514. The first-order valence-electron chi connectivity index (χ1n) is 6.62. The van der Waals surface area contributed by atoms with Crippen LogP contribution in [0.1, 0.15) is 23.7 Å². The summed E-state index contributed by atoms with van der Waals surface area (Å²) in [6.45, 7) is 2.98. The lowest BCUT2D eigenvalue weighted by molar-refractivity contribution is -0.384. The van der Waals surface area contributed by atoms with Crippen molar-refractivity contribution in [1.82, 2.24) is 5.32 Å². The Hall–Kier alpha value is -2.44. The monoisotopic (exact) mass is 291 g/mol. The number of non-ortho nitro benzene ring substituents is 1. The van der Waals surface area contributed by atoms with E-state index < -0.39 is 10.3 Å². The zero-order valence-corrected chi connectivity index (χ0v) is 12.0. The van der Waals surface area contributed by atoms with Crippen LogP contribution in [0.25, 0.3) is 0 Å². The highest BCUT2D eigenvalue weighted by Crippen LogP contribution is 2.35. The average Bonchev–Trinajstić information content (AvgIpc) is 2.89. The van der Waals surface area contributed by atoms with Crippen molar-refractivity contribution < 1.29 is 14.5 Å². The van der Waals surface area contributed by atoms with Crippen molar-refractivity contribution in [3.05, 3.63) is 33.9 Å². The second kappa shape index (κ2) is 5.51. The predicted molar refractivity (Wildman–Crippen MR) is 77.5 cm³/mol. The van der Waals surface area contributed by atoms with E-state index in [0.29, 0.717) is 31.5 Å². The molecule has 112 valence electrons. The van der Waals surface area contributed by atoms with Gasteiger partial charge in [0.1, 0.15) is 0 Å². The van der Waals surface area contributed by atoms with Gasteiger partial charge in [-0.2, -0.15) is 0 Å². The zero-order chi connectivity index (χ0) is 15.6. The molecule has 1 atom stereocenters. The Morgan fingerprint density at radius 1 is 1.52 bits per heavy atom. The molecule has 1 amide bonds. The molecule has 1 aliphatic heterocycles. The van der Waals surface area contributed by atoms with Crippen molar-refractivity contribution in [3.8, 4) is 0 Å². The van der Waals surface area contributed by atoms with Crippen LogP contribution in [-0.4, -0.2) is 37.3 Å². The van der Waals surface area contributed by atoms with Gasteiger partial charge in [-0.15, -0.1) is 0 Å². The number of aldehydes is 1. The third-order valence-electron chi connectivity index (χ3n) is 3.94. The lowest BCUT2D eigenvalue weighted by Gasteiger charge is -2.24. The minimum absolute atomic E-state index is 0.0421. The summed E-state index contributed by atoms with van der Waals surface area (Å²) in [6, 6.07) is 4.20. The number of hydrogen-bond donors (Lipinski definition) is 1. The highest BCUT2D eigenvalue weighted by atomic mass is 16.6. The van der Waals surface area contributed by atoms with Crippen LogP contribution in [0, 0.1) is 15.5 Å².